The number of hydrogen-bond donors (Lipinski definition) is 1. The molecular weight excluding hydrogens is 409 g/mol. The molecule has 1 saturated heterocycles. The van der Waals surface area contributed by atoms with Crippen molar-refractivity contribution in [2.45, 2.75) is 58.2 Å². The molecule has 5 rings (SSSR count). The van der Waals surface area contributed by atoms with E-state index in [1.807, 2.05) is 6.07 Å². The molecule has 1 fully saturated rings. The third-order valence-electron chi connectivity index (χ3n) is 6.77. The lowest BCUT2D eigenvalue weighted by atomic mass is 9.98. The van der Waals surface area contributed by atoms with Gasteiger partial charge in [0.15, 0.2) is 5.65 Å². The Balaban J connectivity index is 1.52. The number of nitrogens with zero attached hydrogens (tertiary/aromatic N) is 4. The molecule has 0 aliphatic carbocycles. The summed E-state index contributed by atoms with van der Waals surface area (Å²) >= 11 is 0. The smallest absolute Gasteiger partial charge is 0.276 e. The minimum Gasteiger partial charge on any atom is -0.330 e. The van der Waals surface area contributed by atoms with Crippen molar-refractivity contribution in [2.75, 3.05) is 13.1 Å². The largest absolute Gasteiger partial charge is 0.330 e. The van der Waals surface area contributed by atoms with Gasteiger partial charge in [-0.15, -0.1) is 0 Å². The molecule has 0 bridgehead atoms. The average Bonchev–Trinajstić information content (AvgIpc) is 3.23. The summed E-state index contributed by atoms with van der Waals surface area (Å²) in [6.45, 7) is 6.36. The molecule has 1 N–H and O–H groups in total. The zero-order chi connectivity index (χ0) is 22.4. The fourth-order valence-corrected chi connectivity index (χ4v) is 4.93. The third-order valence-corrected chi connectivity index (χ3v) is 6.77. The minimum atomic E-state index is -0.515. The standard InChI is InChI=1S/C24H28FN5O2/c1-15(2)28-12-10-17-20(14-28)26-22-13-19(27-30(22)24(17)32)21-9-5-6-11-29(21)23(31)16-7-3-4-8-18(16)25/h3-4,7-8,13,15,21,27H,5-6,9-12,14H2,1-2H3. The van der Waals surface area contributed by atoms with Gasteiger partial charge in [-0.2, -0.15) is 0 Å². The molecule has 3 aromatic rings. The molecule has 2 aliphatic heterocycles. The summed E-state index contributed by atoms with van der Waals surface area (Å²) in [7, 11) is 0. The van der Waals surface area contributed by atoms with Crippen molar-refractivity contribution in [3.05, 3.63) is 69.0 Å². The maximum Gasteiger partial charge on any atom is 0.276 e. The van der Waals surface area contributed by atoms with E-state index in [9.17, 15) is 14.0 Å². The van der Waals surface area contributed by atoms with Gasteiger partial charge >= 0.3 is 0 Å². The summed E-state index contributed by atoms with van der Waals surface area (Å²) in [5.74, 6) is -0.836. The number of piperidine rings is 1. The zero-order valence-electron chi connectivity index (χ0n) is 18.5. The molecule has 7 nitrogen and oxygen atoms in total. The highest BCUT2D eigenvalue weighted by molar-refractivity contribution is 5.94. The van der Waals surface area contributed by atoms with Crippen LogP contribution in [0.3, 0.4) is 0 Å². The summed E-state index contributed by atoms with van der Waals surface area (Å²) in [5, 5.41) is 3.21. The quantitative estimate of drug-likeness (QED) is 0.682. The molecule has 1 unspecified atom stereocenters. The lowest BCUT2D eigenvalue weighted by Crippen LogP contribution is -2.40. The van der Waals surface area contributed by atoms with Gasteiger partial charge in [-0.3, -0.25) is 19.6 Å². The van der Waals surface area contributed by atoms with Gasteiger partial charge in [-0.05, 0) is 51.7 Å². The van der Waals surface area contributed by atoms with Crippen molar-refractivity contribution in [3.8, 4) is 0 Å². The van der Waals surface area contributed by atoms with Crippen LogP contribution in [-0.2, 0) is 13.0 Å². The first-order chi connectivity index (χ1) is 15.4. The third kappa shape index (κ3) is 3.52. The highest BCUT2D eigenvalue weighted by Crippen LogP contribution is 2.32. The Hall–Kier alpha value is -3.00. The Morgan fingerprint density at radius 1 is 1.22 bits per heavy atom. The molecule has 0 spiro atoms. The van der Waals surface area contributed by atoms with Crippen LogP contribution >= 0.6 is 0 Å². The van der Waals surface area contributed by atoms with E-state index in [1.54, 1.807) is 17.0 Å². The monoisotopic (exact) mass is 437 g/mol. The van der Waals surface area contributed by atoms with Crippen LogP contribution < -0.4 is 5.56 Å². The molecule has 8 heteroatoms. The van der Waals surface area contributed by atoms with Gasteiger partial charge < -0.3 is 4.90 Å². The van der Waals surface area contributed by atoms with Crippen LogP contribution in [0, 0.1) is 5.82 Å². The number of hydrogen-bond acceptors (Lipinski definition) is 4. The van der Waals surface area contributed by atoms with Gasteiger partial charge in [0.05, 0.1) is 23.0 Å². The first kappa shape index (κ1) is 20.9. The van der Waals surface area contributed by atoms with Crippen molar-refractivity contribution in [1.82, 2.24) is 24.4 Å². The van der Waals surface area contributed by atoms with E-state index in [0.29, 0.717) is 31.2 Å². The van der Waals surface area contributed by atoms with E-state index in [-0.39, 0.29) is 23.1 Å². The molecule has 0 radical (unpaired) electrons. The van der Waals surface area contributed by atoms with E-state index >= 15 is 0 Å². The number of nitrogens with one attached hydrogen (secondary N) is 1. The number of halogens is 1. The normalized spacial score (nSPS) is 19.5. The number of fused-ring (bicyclic) bond motifs is 2. The lowest BCUT2D eigenvalue weighted by molar-refractivity contribution is 0.0601. The Morgan fingerprint density at radius 3 is 2.81 bits per heavy atom. The van der Waals surface area contributed by atoms with Crippen LogP contribution in [0.5, 0.6) is 0 Å². The van der Waals surface area contributed by atoms with Crippen molar-refractivity contribution in [1.29, 1.82) is 0 Å². The number of carbonyl (C=O) groups excluding carboxylic acids is 1. The van der Waals surface area contributed by atoms with Crippen molar-refractivity contribution >= 4 is 11.6 Å². The van der Waals surface area contributed by atoms with E-state index in [2.05, 4.69) is 23.8 Å². The van der Waals surface area contributed by atoms with Gasteiger partial charge in [-0.25, -0.2) is 13.9 Å². The lowest BCUT2D eigenvalue weighted by Gasteiger charge is -2.35. The molecule has 2 aliphatic rings. The highest BCUT2D eigenvalue weighted by Gasteiger charge is 2.32. The first-order valence-corrected chi connectivity index (χ1v) is 11.4. The number of H-pyrrole nitrogens is 1. The number of rotatable bonds is 3. The molecule has 168 valence electrons. The summed E-state index contributed by atoms with van der Waals surface area (Å²) < 4.78 is 15.8. The summed E-state index contributed by atoms with van der Waals surface area (Å²) in [6, 6.07) is 8.10. The van der Waals surface area contributed by atoms with Gasteiger partial charge in [0.25, 0.3) is 11.5 Å². The predicted octanol–water partition coefficient (Wildman–Crippen LogP) is 3.30. The fourth-order valence-electron chi connectivity index (χ4n) is 4.93. The Labute approximate surface area is 185 Å². The molecule has 2 aromatic heterocycles. The van der Waals surface area contributed by atoms with E-state index in [4.69, 9.17) is 4.98 Å². The first-order valence-electron chi connectivity index (χ1n) is 11.4. The van der Waals surface area contributed by atoms with Crippen LogP contribution in [0.1, 0.15) is 66.5 Å². The van der Waals surface area contributed by atoms with E-state index in [0.717, 1.165) is 42.8 Å². The molecule has 32 heavy (non-hydrogen) atoms. The Bertz CT molecular complexity index is 1230. The SMILES string of the molecule is CC(C)N1CCc2c(nc3cc(C4CCCCN4C(=O)c4ccccc4F)[nH]n3c2=O)C1. The second-order valence-corrected chi connectivity index (χ2v) is 9.05. The van der Waals surface area contributed by atoms with E-state index in [1.165, 1.54) is 16.6 Å². The second kappa shape index (κ2) is 8.16. The molecule has 1 aromatic carbocycles. The molecule has 1 amide bonds. The van der Waals surface area contributed by atoms with Crippen LogP contribution in [0.4, 0.5) is 4.39 Å². The highest BCUT2D eigenvalue weighted by atomic mass is 19.1. The Kier molecular flexibility index (Phi) is 5.33. The fraction of sp³-hybridized carbons (Fsp3) is 0.458. The number of amides is 1. The van der Waals surface area contributed by atoms with Crippen LogP contribution in [0.2, 0.25) is 0 Å². The van der Waals surface area contributed by atoms with Gasteiger partial charge in [-0.1, -0.05) is 12.1 Å². The van der Waals surface area contributed by atoms with Gasteiger partial charge in [0, 0.05) is 37.3 Å². The van der Waals surface area contributed by atoms with Crippen molar-refractivity contribution in [3.63, 3.8) is 0 Å². The van der Waals surface area contributed by atoms with Gasteiger partial charge in [0.2, 0.25) is 0 Å². The van der Waals surface area contributed by atoms with Crippen LogP contribution in [0.25, 0.3) is 5.65 Å². The maximum absolute atomic E-state index is 14.3. The van der Waals surface area contributed by atoms with Crippen molar-refractivity contribution in [2.24, 2.45) is 0 Å². The predicted molar refractivity (Wildman–Crippen MR) is 119 cm³/mol. The van der Waals surface area contributed by atoms with Crippen molar-refractivity contribution < 1.29 is 9.18 Å². The topological polar surface area (TPSA) is 73.7 Å². The summed E-state index contributed by atoms with van der Waals surface area (Å²) in [6.07, 6.45) is 3.26. The summed E-state index contributed by atoms with van der Waals surface area (Å²) in [5.41, 5.74) is 2.94. The van der Waals surface area contributed by atoms with Crippen LogP contribution in [0.15, 0.2) is 35.1 Å². The molecule has 0 saturated carbocycles. The van der Waals surface area contributed by atoms with Crippen LogP contribution in [-0.4, -0.2) is 49.4 Å². The minimum absolute atomic E-state index is 0.0672. The van der Waals surface area contributed by atoms with E-state index < -0.39 is 5.82 Å². The average molecular weight is 438 g/mol. The number of likely N-dealkylation sites (tertiary alicyclic amines) is 1. The molecule has 1 atom stereocenters. The number of benzene rings is 1. The molecule has 4 heterocycles. The Morgan fingerprint density at radius 2 is 2.03 bits per heavy atom. The zero-order valence-corrected chi connectivity index (χ0v) is 18.5. The van der Waals surface area contributed by atoms with Gasteiger partial charge in [0.1, 0.15) is 5.82 Å². The number of carbonyl (C=O) groups is 1. The number of aromatic nitrogens is 3. The maximum atomic E-state index is 14.3. The summed E-state index contributed by atoms with van der Waals surface area (Å²) in [4.78, 5) is 35.2. The second-order valence-electron chi connectivity index (χ2n) is 9.05. The number of aromatic amines is 1. The molecular formula is C24H28FN5O2.